The van der Waals surface area contributed by atoms with E-state index in [0.29, 0.717) is 41.2 Å². The van der Waals surface area contributed by atoms with Crippen molar-refractivity contribution in [2.75, 3.05) is 26.8 Å². The van der Waals surface area contributed by atoms with E-state index in [1.807, 2.05) is 25.7 Å². The van der Waals surface area contributed by atoms with Gasteiger partial charge in [0.25, 0.3) is 5.91 Å². The Hall–Kier alpha value is -1.27. The number of benzene rings is 1. The number of carbonyl (C=O) groups is 1. The summed E-state index contributed by atoms with van der Waals surface area (Å²) in [4.78, 5) is 14.6. The number of amides is 1. The third-order valence-corrected chi connectivity index (χ3v) is 4.06. The molecule has 2 atom stereocenters. The topological polar surface area (TPSA) is 48.0 Å². The number of hydrogen-bond acceptors (Lipinski definition) is 4. The molecule has 1 aliphatic heterocycles. The molecular formula is C16H22BrNO4. The first-order valence-electron chi connectivity index (χ1n) is 7.41. The lowest BCUT2D eigenvalue weighted by atomic mass is 10.1. The van der Waals surface area contributed by atoms with Crippen LogP contribution >= 0.6 is 15.9 Å². The van der Waals surface area contributed by atoms with Gasteiger partial charge in [0.2, 0.25) is 0 Å². The Morgan fingerprint density at radius 2 is 2.00 bits per heavy atom. The van der Waals surface area contributed by atoms with E-state index in [0.717, 1.165) is 0 Å². The van der Waals surface area contributed by atoms with E-state index in [2.05, 4.69) is 15.9 Å². The molecule has 1 saturated heterocycles. The van der Waals surface area contributed by atoms with E-state index < -0.39 is 0 Å². The van der Waals surface area contributed by atoms with Crippen molar-refractivity contribution >= 4 is 21.8 Å². The number of halogens is 1. The van der Waals surface area contributed by atoms with E-state index >= 15 is 0 Å². The molecule has 0 radical (unpaired) electrons. The van der Waals surface area contributed by atoms with Crippen LogP contribution < -0.4 is 9.47 Å². The van der Waals surface area contributed by atoms with Crippen LogP contribution in [0, 0.1) is 0 Å². The van der Waals surface area contributed by atoms with Gasteiger partial charge in [-0.1, -0.05) is 0 Å². The van der Waals surface area contributed by atoms with Crippen molar-refractivity contribution in [3.8, 4) is 11.5 Å². The summed E-state index contributed by atoms with van der Waals surface area (Å²) in [6.07, 6.45) is 0.0847. The van der Waals surface area contributed by atoms with Gasteiger partial charge in [0.05, 0.1) is 30.4 Å². The summed E-state index contributed by atoms with van der Waals surface area (Å²) >= 11 is 3.46. The Morgan fingerprint density at radius 1 is 1.36 bits per heavy atom. The molecule has 5 nitrogen and oxygen atoms in total. The number of nitrogens with zero attached hydrogens (tertiary/aromatic N) is 1. The zero-order valence-corrected chi connectivity index (χ0v) is 15.0. The summed E-state index contributed by atoms with van der Waals surface area (Å²) in [5.41, 5.74) is 0.577. The lowest BCUT2D eigenvalue weighted by Gasteiger charge is -2.35. The molecule has 1 aliphatic rings. The number of methoxy groups -OCH3 is 1. The largest absolute Gasteiger partial charge is 0.493 e. The smallest absolute Gasteiger partial charge is 0.254 e. The first-order chi connectivity index (χ1) is 10.5. The van der Waals surface area contributed by atoms with Gasteiger partial charge < -0.3 is 19.1 Å². The fourth-order valence-corrected chi connectivity index (χ4v) is 3.21. The van der Waals surface area contributed by atoms with Crippen molar-refractivity contribution in [1.82, 2.24) is 4.90 Å². The van der Waals surface area contributed by atoms with E-state index in [1.54, 1.807) is 19.2 Å². The quantitative estimate of drug-likeness (QED) is 0.815. The molecule has 0 bridgehead atoms. The molecular weight excluding hydrogens is 350 g/mol. The third-order valence-electron chi connectivity index (χ3n) is 3.47. The lowest BCUT2D eigenvalue weighted by Crippen LogP contribution is -2.48. The van der Waals surface area contributed by atoms with Crippen molar-refractivity contribution in [3.05, 3.63) is 22.2 Å². The zero-order valence-electron chi connectivity index (χ0n) is 13.4. The average molecular weight is 372 g/mol. The van der Waals surface area contributed by atoms with Crippen LogP contribution in [0.15, 0.2) is 16.6 Å². The molecule has 0 saturated carbocycles. The molecule has 0 N–H and O–H groups in total. The highest BCUT2D eigenvalue weighted by Gasteiger charge is 2.27. The predicted octanol–water partition coefficient (Wildman–Crippen LogP) is 3.11. The first kappa shape index (κ1) is 17.1. The van der Waals surface area contributed by atoms with Gasteiger partial charge in [-0.05, 0) is 48.8 Å². The highest BCUT2D eigenvalue weighted by Crippen LogP contribution is 2.37. The third kappa shape index (κ3) is 3.73. The Kier molecular flexibility index (Phi) is 5.69. The molecule has 0 aliphatic carbocycles. The van der Waals surface area contributed by atoms with Crippen LogP contribution in [0.25, 0.3) is 0 Å². The summed E-state index contributed by atoms with van der Waals surface area (Å²) in [6.45, 7) is 7.57. The Balaban J connectivity index is 2.28. The fourth-order valence-electron chi connectivity index (χ4n) is 2.65. The molecule has 6 heteroatoms. The summed E-state index contributed by atoms with van der Waals surface area (Å²) in [6, 6.07) is 3.50. The van der Waals surface area contributed by atoms with Gasteiger partial charge in [-0.15, -0.1) is 0 Å². The molecule has 0 aromatic heterocycles. The van der Waals surface area contributed by atoms with Crippen LogP contribution in [0.5, 0.6) is 11.5 Å². The Bertz CT molecular complexity index is 539. The lowest BCUT2D eigenvalue weighted by molar-refractivity contribution is -0.0586. The summed E-state index contributed by atoms with van der Waals surface area (Å²) in [7, 11) is 1.57. The fraction of sp³-hybridized carbons (Fsp3) is 0.562. The molecule has 1 aromatic carbocycles. The molecule has 2 unspecified atom stereocenters. The Morgan fingerprint density at radius 3 is 2.55 bits per heavy atom. The molecule has 22 heavy (non-hydrogen) atoms. The molecule has 1 amide bonds. The van der Waals surface area contributed by atoms with Gasteiger partial charge in [-0.2, -0.15) is 0 Å². The maximum Gasteiger partial charge on any atom is 0.254 e. The van der Waals surface area contributed by atoms with E-state index in [4.69, 9.17) is 14.2 Å². The second kappa shape index (κ2) is 7.33. The molecule has 122 valence electrons. The standard InChI is InChI=1S/C16H22BrNO4/c1-5-21-15-13(17)6-12(7-14(15)20-4)16(19)18-8-10(2)22-11(3)9-18/h6-7,10-11H,5,8-9H2,1-4H3. The van der Waals surface area contributed by atoms with Crippen LogP contribution in [0.4, 0.5) is 0 Å². The van der Waals surface area contributed by atoms with Crippen molar-refractivity contribution < 1.29 is 19.0 Å². The Labute approximate surface area is 139 Å². The normalized spacial score (nSPS) is 21.6. The van der Waals surface area contributed by atoms with Crippen LogP contribution in [0.3, 0.4) is 0 Å². The maximum atomic E-state index is 12.7. The van der Waals surface area contributed by atoms with Crippen LogP contribution in [-0.2, 0) is 4.74 Å². The molecule has 1 fully saturated rings. The van der Waals surface area contributed by atoms with Gasteiger partial charge in [0.1, 0.15) is 0 Å². The van der Waals surface area contributed by atoms with Crippen molar-refractivity contribution in [1.29, 1.82) is 0 Å². The summed E-state index contributed by atoms with van der Waals surface area (Å²) in [5, 5.41) is 0. The van der Waals surface area contributed by atoms with Crippen molar-refractivity contribution in [2.24, 2.45) is 0 Å². The van der Waals surface area contributed by atoms with E-state index in [-0.39, 0.29) is 18.1 Å². The van der Waals surface area contributed by atoms with Gasteiger partial charge in [-0.25, -0.2) is 0 Å². The average Bonchev–Trinajstić information content (AvgIpc) is 2.47. The van der Waals surface area contributed by atoms with Crippen LogP contribution in [0.2, 0.25) is 0 Å². The molecule has 1 heterocycles. The highest BCUT2D eigenvalue weighted by molar-refractivity contribution is 9.10. The maximum absolute atomic E-state index is 12.7. The monoisotopic (exact) mass is 371 g/mol. The molecule has 1 aromatic rings. The number of morpholine rings is 1. The minimum atomic E-state index is -0.0240. The van der Waals surface area contributed by atoms with E-state index in [9.17, 15) is 4.79 Å². The van der Waals surface area contributed by atoms with Gasteiger partial charge >= 0.3 is 0 Å². The minimum Gasteiger partial charge on any atom is -0.493 e. The minimum absolute atomic E-state index is 0.0240. The number of rotatable bonds is 4. The molecule has 2 rings (SSSR count). The second-order valence-electron chi connectivity index (χ2n) is 5.39. The highest BCUT2D eigenvalue weighted by atomic mass is 79.9. The number of hydrogen-bond donors (Lipinski definition) is 0. The SMILES string of the molecule is CCOc1c(Br)cc(C(=O)N2CC(C)OC(C)C2)cc1OC. The zero-order chi connectivity index (χ0) is 16.3. The van der Waals surface area contributed by atoms with Crippen molar-refractivity contribution in [2.45, 2.75) is 33.0 Å². The van der Waals surface area contributed by atoms with Crippen LogP contribution in [0.1, 0.15) is 31.1 Å². The predicted molar refractivity (Wildman–Crippen MR) is 87.8 cm³/mol. The summed E-state index contributed by atoms with van der Waals surface area (Å²) in [5.74, 6) is 1.14. The first-order valence-corrected chi connectivity index (χ1v) is 8.20. The van der Waals surface area contributed by atoms with Gasteiger partial charge in [-0.3, -0.25) is 4.79 Å². The second-order valence-corrected chi connectivity index (χ2v) is 6.24. The number of ether oxygens (including phenoxy) is 3. The van der Waals surface area contributed by atoms with Gasteiger partial charge in [0.15, 0.2) is 11.5 Å². The van der Waals surface area contributed by atoms with Crippen LogP contribution in [-0.4, -0.2) is 49.8 Å². The van der Waals surface area contributed by atoms with Gasteiger partial charge in [0, 0.05) is 18.7 Å². The van der Waals surface area contributed by atoms with E-state index in [1.165, 1.54) is 0 Å². The summed E-state index contributed by atoms with van der Waals surface area (Å²) < 4.78 is 17.3. The molecule has 0 spiro atoms. The van der Waals surface area contributed by atoms with Crippen molar-refractivity contribution in [3.63, 3.8) is 0 Å². The number of carbonyl (C=O) groups excluding carboxylic acids is 1.